The van der Waals surface area contributed by atoms with Gasteiger partial charge in [0.25, 0.3) is 0 Å². The van der Waals surface area contributed by atoms with E-state index >= 15 is 4.39 Å². The van der Waals surface area contributed by atoms with Crippen LogP contribution >= 0.6 is 0 Å². The van der Waals surface area contributed by atoms with E-state index in [-0.39, 0.29) is 24.8 Å². The summed E-state index contributed by atoms with van der Waals surface area (Å²) in [5, 5.41) is 15.1. The van der Waals surface area contributed by atoms with Gasteiger partial charge in [-0.15, -0.1) is 0 Å². The number of methoxy groups -OCH3 is 1. The molecular formula is C29H40FN3O4. The number of carbonyl (C=O) groups is 2. The van der Waals surface area contributed by atoms with Crippen LogP contribution < -0.4 is 11.1 Å². The maximum atomic E-state index is 15.5. The first kappa shape index (κ1) is 28.6. The molecule has 37 heavy (non-hydrogen) atoms. The minimum Gasteiger partial charge on any atom is -0.453 e. The topological polar surface area (TPSA) is 105 Å². The van der Waals surface area contributed by atoms with Gasteiger partial charge in [-0.25, -0.2) is 9.18 Å². The summed E-state index contributed by atoms with van der Waals surface area (Å²) in [5.74, 6) is -0.939. The number of rotatable bonds is 9. The molecule has 2 aromatic rings. The molecule has 0 spiro atoms. The van der Waals surface area contributed by atoms with Crippen molar-refractivity contribution in [2.24, 2.45) is 11.7 Å². The third kappa shape index (κ3) is 6.67. The monoisotopic (exact) mass is 513 g/mol. The molecule has 1 aliphatic rings. The third-order valence-corrected chi connectivity index (χ3v) is 7.23. The second-order valence-electron chi connectivity index (χ2n) is 10.5. The maximum Gasteiger partial charge on any atom is 0.406 e. The van der Waals surface area contributed by atoms with E-state index in [0.29, 0.717) is 49.0 Å². The van der Waals surface area contributed by atoms with Crippen LogP contribution in [0.15, 0.2) is 42.5 Å². The summed E-state index contributed by atoms with van der Waals surface area (Å²) in [6, 6.07) is 12.5. The number of benzene rings is 2. The number of ether oxygens (including phenoxy) is 1. The summed E-state index contributed by atoms with van der Waals surface area (Å²) < 4.78 is 20.2. The van der Waals surface area contributed by atoms with Crippen molar-refractivity contribution >= 4 is 12.0 Å². The van der Waals surface area contributed by atoms with Gasteiger partial charge in [-0.05, 0) is 68.7 Å². The standard InChI is InChI=1S/C29H40FN3O4/c1-5-20-10-6-11-21(18-20)25-23(13-7-14-24(25)30)29(36,15-9-16-32-27(35)37-4)22-12-8-17-33(19-22)26(34)28(2,3)31/h6-7,10-11,13-14,18,22,36H,5,8-9,12,15-17,19,31H2,1-4H3,(H,32,35)/t22-,29+/m1/s1. The van der Waals surface area contributed by atoms with Crippen LogP contribution in [0.1, 0.15) is 57.6 Å². The minimum absolute atomic E-state index is 0.179. The largest absolute Gasteiger partial charge is 0.453 e. The fraction of sp³-hybridized carbons (Fsp3) is 0.517. The predicted molar refractivity (Wildman–Crippen MR) is 142 cm³/mol. The van der Waals surface area contributed by atoms with Crippen LogP contribution in [0, 0.1) is 11.7 Å². The Morgan fingerprint density at radius 1 is 1.24 bits per heavy atom. The van der Waals surface area contributed by atoms with Gasteiger partial charge in [0.05, 0.1) is 18.2 Å². The Hall–Kier alpha value is -2.97. The number of nitrogens with zero attached hydrogens (tertiary/aromatic N) is 1. The molecule has 0 bridgehead atoms. The molecule has 2 atom stereocenters. The summed E-state index contributed by atoms with van der Waals surface area (Å²) in [6.45, 7) is 6.55. The van der Waals surface area contributed by atoms with Gasteiger partial charge in [0.15, 0.2) is 0 Å². The number of aryl methyl sites for hydroxylation is 1. The molecule has 0 unspecified atom stereocenters. The molecule has 202 valence electrons. The van der Waals surface area contributed by atoms with Crippen molar-refractivity contribution in [3.05, 3.63) is 59.4 Å². The molecule has 0 saturated carbocycles. The van der Waals surface area contributed by atoms with Crippen LogP contribution in [0.4, 0.5) is 9.18 Å². The molecule has 2 amide bonds. The lowest BCUT2D eigenvalue weighted by Crippen LogP contribution is -2.56. The molecular weight excluding hydrogens is 473 g/mol. The summed E-state index contributed by atoms with van der Waals surface area (Å²) in [4.78, 5) is 26.3. The molecule has 4 N–H and O–H groups in total. The van der Waals surface area contributed by atoms with E-state index in [0.717, 1.165) is 12.0 Å². The molecule has 1 aliphatic heterocycles. The highest BCUT2D eigenvalue weighted by atomic mass is 19.1. The SMILES string of the molecule is CCc1cccc(-c2c(F)cccc2[C@](O)(CCCNC(=O)OC)[C@@H]2CCCN(C(=O)C(C)(C)N)C2)c1. The summed E-state index contributed by atoms with van der Waals surface area (Å²) in [6.07, 6.45) is 2.32. The average Bonchev–Trinajstić information content (AvgIpc) is 2.89. The first-order valence-corrected chi connectivity index (χ1v) is 13.0. The number of piperidine rings is 1. The molecule has 0 aromatic heterocycles. The van der Waals surface area contributed by atoms with Crippen molar-refractivity contribution in [2.75, 3.05) is 26.7 Å². The van der Waals surface area contributed by atoms with Gasteiger partial charge in [-0.1, -0.05) is 43.3 Å². The second-order valence-corrected chi connectivity index (χ2v) is 10.5. The van der Waals surface area contributed by atoms with Gasteiger partial charge in [-0.2, -0.15) is 0 Å². The Morgan fingerprint density at radius 3 is 2.65 bits per heavy atom. The number of nitrogens with one attached hydrogen (secondary N) is 1. The molecule has 0 aliphatic carbocycles. The molecule has 8 heteroatoms. The van der Waals surface area contributed by atoms with E-state index in [9.17, 15) is 14.7 Å². The van der Waals surface area contributed by atoms with Crippen LogP contribution in [0.3, 0.4) is 0 Å². The zero-order valence-corrected chi connectivity index (χ0v) is 22.4. The Morgan fingerprint density at radius 2 is 1.97 bits per heavy atom. The van der Waals surface area contributed by atoms with E-state index in [2.05, 4.69) is 10.1 Å². The number of hydrogen-bond donors (Lipinski definition) is 3. The van der Waals surface area contributed by atoms with E-state index in [1.807, 2.05) is 31.2 Å². The second kappa shape index (κ2) is 12.0. The molecule has 0 radical (unpaired) electrons. The van der Waals surface area contributed by atoms with Gasteiger partial charge in [0.2, 0.25) is 5.91 Å². The number of alkyl carbamates (subject to hydrolysis) is 1. The first-order valence-electron chi connectivity index (χ1n) is 13.0. The summed E-state index contributed by atoms with van der Waals surface area (Å²) >= 11 is 0. The van der Waals surface area contributed by atoms with E-state index in [4.69, 9.17) is 5.73 Å². The molecule has 3 rings (SSSR count). The number of aliphatic hydroxyl groups is 1. The molecule has 2 aromatic carbocycles. The molecule has 1 saturated heterocycles. The maximum absolute atomic E-state index is 15.5. The Balaban J connectivity index is 2.05. The van der Waals surface area contributed by atoms with Crippen molar-refractivity contribution in [2.45, 2.75) is 64.0 Å². The third-order valence-electron chi connectivity index (χ3n) is 7.23. The normalized spacial score (nSPS) is 17.7. The predicted octanol–water partition coefficient (Wildman–Crippen LogP) is 4.35. The van der Waals surface area contributed by atoms with Crippen molar-refractivity contribution in [1.82, 2.24) is 10.2 Å². The fourth-order valence-corrected chi connectivity index (χ4v) is 5.26. The number of halogens is 1. The van der Waals surface area contributed by atoms with Gasteiger partial charge >= 0.3 is 6.09 Å². The molecule has 1 heterocycles. The van der Waals surface area contributed by atoms with Crippen LogP contribution in [0.5, 0.6) is 0 Å². The minimum atomic E-state index is -1.45. The zero-order valence-electron chi connectivity index (χ0n) is 22.4. The van der Waals surface area contributed by atoms with Gasteiger partial charge in [-0.3, -0.25) is 4.79 Å². The highest BCUT2D eigenvalue weighted by molar-refractivity contribution is 5.85. The quantitative estimate of drug-likeness (QED) is 0.432. The average molecular weight is 514 g/mol. The van der Waals surface area contributed by atoms with Gasteiger partial charge < -0.3 is 25.8 Å². The van der Waals surface area contributed by atoms with Crippen molar-refractivity contribution in [3.63, 3.8) is 0 Å². The van der Waals surface area contributed by atoms with Crippen LogP contribution in [-0.2, 0) is 21.6 Å². The van der Waals surface area contributed by atoms with Crippen molar-refractivity contribution < 1.29 is 23.8 Å². The van der Waals surface area contributed by atoms with Gasteiger partial charge in [0, 0.05) is 31.1 Å². The lowest BCUT2D eigenvalue weighted by Gasteiger charge is -2.44. The highest BCUT2D eigenvalue weighted by Crippen LogP contribution is 2.44. The number of carbonyl (C=O) groups excluding carboxylic acids is 2. The van der Waals surface area contributed by atoms with E-state index < -0.39 is 23.1 Å². The number of hydrogen-bond acceptors (Lipinski definition) is 5. The summed E-state index contributed by atoms with van der Waals surface area (Å²) in [7, 11) is 1.29. The van der Waals surface area contributed by atoms with E-state index in [1.165, 1.54) is 13.2 Å². The van der Waals surface area contributed by atoms with Crippen LogP contribution in [0.2, 0.25) is 0 Å². The number of nitrogens with two attached hydrogens (primary N) is 1. The van der Waals surface area contributed by atoms with E-state index in [1.54, 1.807) is 30.9 Å². The van der Waals surface area contributed by atoms with Crippen molar-refractivity contribution in [3.8, 4) is 11.1 Å². The van der Waals surface area contributed by atoms with Crippen molar-refractivity contribution in [1.29, 1.82) is 0 Å². The fourth-order valence-electron chi connectivity index (χ4n) is 5.26. The number of likely N-dealkylation sites (tertiary alicyclic amines) is 1. The van der Waals surface area contributed by atoms with Gasteiger partial charge in [0.1, 0.15) is 5.82 Å². The molecule has 1 fully saturated rings. The highest BCUT2D eigenvalue weighted by Gasteiger charge is 2.44. The van der Waals surface area contributed by atoms with Crippen LogP contribution in [-0.4, -0.2) is 54.3 Å². The zero-order chi connectivity index (χ0) is 27.2. The number of amides is 2. The smallest absolute Gasteiger partial charge is 0.406 e. The van der Waals surface area contributed by atoms with Crippen LogP contribution in [0.25, 0.3) is 11.1 Å². The lowest BCUT2D eigenvalue weighted by atomic mass is 9.72. The lowest BCUT2D eigenvalue weighted by molar-refractivity contribution is -0.141. The Bertz CT molecular complexity index is 1100. The Labute approximate surface area is 219 Å². The Kier molecular flexibility index (Phi) is 9.31. The summed E-state index contributed by atoms with van der Waals surface area (Å²) in [5.41, 5.74) is 6.25. The molecule has 7 nitrogen and oxygen atoms in total. The first-order chi connectivity index (χ1) is 17.5.